The van der Waals surface area contributed by atoms with E-state index in [1.54, 1.807) is 36.4 Å². The van der Waals surface area contributed by atoms with Gasteiger partial charge in [0.05, 0.1) is 11.9 Å². The molecule has 0 saturated heterocycles. The first-order valence-corrected chi connectivity index (χ1v) is 14.1. The molecular formula is C29H32FN9O5. The van der Waals surface area contributed by atoms with Crippen LogP contribution >= 0.6 is 0 Å². The van der Waals surface area contributed by atoms with Gasteiger partial charge >= 0.3 is 6.03 Å². The molecule has 6 rings (SSSR count). The van der Waals surface area contributed by atoms with Crippen molar-refractivity contribution in [2.24, 2.45) is 0 Å². The second kappa shape index (κ2) is 13.2. The van der Waals surface area contributed by atoms with Crippen molar-refractivity contribution < 1.29 is 28.3 Å². The van der Waals surface area contributed by atoms with Crippen molar-refractivity contribution >= 4 is 58.3 Å². The fraction of sp³-hybridized carbons (Fsp3) is 0.310. The lowest BCUT2D eigenvalue weighted by atomic mass is 10.0. The molecule has 0 saturated carbocycles. The van der Waals surface area contributed by atoms with E-state index in [1.165, 1.54) is 13.0 Å². The number of nitrogens with one attached hydrogen (secondary N) is 7. The first-order chi connectivity index (χ1) is 21.2. The van der Waals surface area contributed by atoms with Crippen molar-refractivity contribution in [3.05, 3.63) is 54.5 Å². The molecule has 1 aromatic heterocycles. The fourth-order valence-corrected chi connectivity index (χ4v) is 4.47. The molecule has 7 N–H and O–H groups in total. The molecule has 3 aromatic rings. The number of rotatable bonds is 0. The van der Waals surface area contributed by atoms with Gasteiger partial charge in [-0.05, 0) is 62.6 Å². The maximum Gasteiger partial charge on any atom is 0.319 e. The molecule has 1 unspecified atom stereocenters. The van der Waals surface area contributed by atoms with Crippen LogP contribution < -0.4 is 42.0 Å². The molecule has 0 radical (unpaired) electrons. The fourth-order valence-electron chi connectivity index (χ4n) is 4.47. The summed E-state index contributed by atoms with van der Waals surface area (Å²) in [6, 6.07) is 11.1. The highest BCUT2D eigenvalue weighted by atomic mass is 19.1. The van der Waals surface area contributed by atoms with Gasteiger partial charge in [0.1, 0.15) is 5.75 Å². The third kappa shape index (κ3) is 7.29. The van der Waals surface area contributed by atoms with Crippen LogP contribution in [0.2, 0.25) is 0 Å². The number of ether oxygens (including phenoxy) is 1. The van der Waals surface area contributed by atoms with Gasteiger partial charge in [0.15, 0.2) is 11.6 Å². The van der Waals surface area contributed by atoms with E-state index in [-0.39, 0.29) is 35.7 Å². The minimum Gasteiger partial charge on any atom is -0.466 e. The lowest BCUT2D eigenvalue weighted by Crippen LogP contribution is -2.58. The average Bonchev–Trinajstić information content (AvgIpc) is 2.99. The Balaban J connectivity index is 1.36. The third-order valence-corrected chi connectivity index (χ3v) is 6.87. The number of carbonyl (C=O) groups is 4. The number of amides is 5. The Morgan fingerprint density at radius 2 is 1.55 bits per heavy atom. The maximum absolute atomic E-state index is 14.7. The Morgan fingerprint density at radius 3 is 2.39 bits per heavy atom. The number of hydrogen-bond donors (Lipinski definition) is 7. The Hall–Kier alpha value is -5.47. The molecule has 2 aromatic carbocycles. The Bertz CT molecular complexity index is 1590. The van der Waals surface area contributed by atoms with Gasteiger partial charge in [-0.2, -0.15) is 4.98 Å². The zero-order valence-corrected chi connectivity index (χ0v) is 23.9. The van der Waals surface area contributed by atoms with E-state index in [0.29, 0.717) is 55.8 Å². The van der Waals surface area contributed by atoms with Crippen LogP contribution in [0.25, 0.3) is 0 Å². The van der Waals surface area contributed by atoms with E-state index in [0.717, 1.165) is 6.20 Å². The molecule has 0 aliphatic carbocycles. The Kier molecular flexibility index (Phi) is 9.02. The molecule has 3 aliphatic heterocycles. The number of hydrogen-bond acceptors (Lipinski definition) is 9. The molecule has 0 fully saturated rings. The van der Waals surface area contributed by atoms with Crippen molar-refractivity contribution in [3.8, 4) is 5.75 Å². The highest BCUT2D eigenvalue weighted by Gasteiger charge is 2.47. The van der Waals surface area contributed by atoms with Crippen molar-refractivity contribution in [1.82, 2.24) is 25.9 Å². The van der Waals surface area contributed by atoms with Gasteiger partial charge in [-0.25, -0.2) is 14.2 Å². The summed E-state index contributed by atoms with van der Waals surface area (Å²) in [6.07, 6.45) is 2.91. The van der Waals surface area contributed by atoms with Gasteiger partial charge in [0.2, 0.25) is 11.9 Å². The number of halogens is 1. The molecule has 4 heterocycles. The predicted octanol–water partition coefficient (Wildman–Crippen LogP) is 3.12. The van der Waals surface area contributed by atoms with Crippen molar-refractivity contribution in [1.29, 1.82) is 0 Å². The van der Waals surface area contributed by atoms with Crippen molar-refractivity contribution in [2.45, 2.75) is 38.2 Å². The third-order valence-electron chi connectivity index (χ3n) is 6.87. The monoisotopic (exact) mass is 605 g/mol. The van der Waals surface area contributed by atoms with Gasteiger partial charge in [-0.1, -0.05) is 6.07 Å². The minimum atomic E-state index is -1.82. The van der Waals surface area contributed by atoms with Gasteiger partial charge in [0.25, 0.3) is 17.4 Å². The van der Waals surface area contributed by atoms with Crippen molar-refractivity contribution in [2.75, 3.05) is 40.9 Å². The second-order valence-electron chi connectivity index (χ2n) is 10.3. The molecular weight excluding hydrogens is 573 g/mol. The molecule has 8 bridgehead atoms. The molecule has 0 spiro atoms. The standard InChI is InChI=1S/C29H32FN9O5/c1-29-25(41)32-13-5-12-31-23(40)8-2-3-11-33-28(43)37-18-7-4-6-17(14-18)36-27-34-16-20(30)24(39-27)35-19-9-10-22(44-29)21(15-19)38-26(29)42/h4,6-7,9-10,14-16H,2-3,5,8,11-13H2,1H3,(H,31,40)(H,32,41)(H,38,42)(H2,33,37,43)(H2,34,35,36,39). The van der Waals surface area contributed by atoms with Crippen LogP contribution in [0.4, 0.5) is 43.7 Å². The average molecular weight is 606 g/mol. The van der Waals surface area contributed by atoms with Gasteiger partial charge in [-0.3, -0.25) is 14.4 Å². The second-order valence-corrected chi connectivity index (χ2v) is 10.3. The smallest absolute Gasteiger partial charge is 0.319 e. The molecule has 1 atom stereocenters. The molecule has 3 aliphatic rings. The quantitative estimate of drug-likeness (QED) is 0.189. The predicted molar refractivity (Wildman–Crippen MR) is 161 cm³/mol. The van der Waals surface area contributed by atoms with E-state index in [9.17, 15) is 23.6 Å². The summed E-state index contributed by atoms with van der Waals surface area (Å²) in [6.45, 7) is 2.29. The maximum atomic E-state index is 14.7. The van der Waals surface area contributed by atoms with Gasteiger partial charge < -0.3 is 42.0 Å². The number of fused-ring (bicyclic) bond motifs is 15. The zero-order valence-electron chi connectivity index (χ0n) is 23.9. The highest BCUT2D eigenvalue weighted by Crippen LogP contribution is 2.36. The highest BCUT2D eigenvalue weighted by molar-refractivity contribution is 6.15. The van der Waals surface area contributed by atoms with Crippen LogP contribution in [0.1, 0.15) is 32.6 Å². The van der Waals surface area contributed by atoms with Crippen LogP contribution in [-0.2, 0) is 14.4 Å². The SMILES string of the molecule is CC12Oc3ccc(cc3NC1=O)Nc1nc(ncc1F)Nc1cccc(c1)NC(=O)NCCCCC(=O)NCCCNC2=O. The molecule has 230 valence electrons. The Morgan fingerprint density at radius 1 is 0.795 bits per heavy atom. The van der Waals surface area contributed by atoms with Crippen LogP contribution in [0.5, 0.6) is 5.75 Å². The topological polar surface area (TPSA) is 188 Å². The largest absolute Gasteiger partial charge is 0.466 e. The number of nitrogens with zero attached hydrogens (tertiary/aromatic N) is 2. The summed E-state index contributed by atoms with van der Waals surface area (Å²) < 4.78 is 20.5. The summed E-state index contributed by atoms with van der Waals surface area (Å²) >= 11 is 0. The first kappa shape index (κ1) is 30.0. The normalized spacial score (nSPS) is 19.8. The van der Waals surface area contributed by atoms with Gasteiger partial charge in [0, 0.05) is 43.1 Å². The van der Waals surface area contributed by atoms with E-state index >= 15 is 0 Å². The van der Waals surface area contributed by atoms with Crippen molar-refractivity contribution in [3.63, 3.8) is 0 Å². The van der Waals surface area contributed by atoms with Crippen LogP contribution in [-0.4, -0.2) is 59.0 Å². The molecule has 14 nitrogen and oxygen atoms in total. The summed E-state index contributed by atoms with van der Waals surface area (Å²) in [5, 5.41) is 19.5. The zero-order chi connectivity index (χ0) is 31.1. The number of urea groups is 1. The summed E-state index contributed by atoms with van der Waals surface area (Å²) in [5.41, 5.74) is -0.111. The van der Waals surface area contributed by atoms with E-state index in [1.807, 2.05) is 0 Å². The van der Waals surface area contributed by atoms with Crippen LogP contribution in [0, 0.1) is 5.82 Å². The molecule has 44 heavy (non-hydrogen) atoms. The molecule has 5 amide bonds. The summed E-state index contributed by atoms with van der Waals surface area (Å²) in [7, 11) is 0. The number of benzene rings is 2. The Labute approximate surface area is 251 Å². The number of aromatic nitrogens is 2. The number of carbonyl (C=O) groups excluding carboxylic acids is 4. The first-order valence-electron chi connectivity index (χ1n) is 14.1. The lowest BCUT2D eigenvalue weighted by Gasteiger charge is -2.33. The van der Waals surface area contributed by atoms with Crippen LogP contribution in [0.15, 0.2) is 48.7 Å². The van der Waals surface area contributed by atoms with Crippen LogP contribution in [0.3, 0.4) is 0 Å². The van der Waals surface area contributed by atoms with E-state index < -0.39 is 29.3 Å². The summed E-state index contributed by atoms with van der Waals surface area (Å²) in [4.78, 5) is 58.5. The minimum absolute atomic E-state index is 0.0871. The lowest BCUT2D eigenvalue weighted by molar-refractivity contribution is -0.146. The summed E-state index contributed by atoms with van der Waals surface area (Å²) in [5.74, 6) is -1.95. The number of anilines is 6. The molecule has 15 heteroatoms. The van der Waals surface area contributed by atoms with E-state index in [2.05, 4.69) is 47.2 Å². The van der Waals surface area contributed by atoms with Gasteiger partial charge in [-0.15, -0.1) is 0 Å². The van der Waals surface area contributed by atoms with E-state index in [4.69, 9.17) is 4.74 Å².